The maximum atomic E-state index is 13.6. The van der Waals surface area contributed by atoms with Crippen LogP contribution in [-0.2, 0) is 0 Å². The molecule has 3 aromatic heterocycles. The molecule has 0 unspecified atom stereocenters. The van der Waals surface area contributed by atoms with Gasteiger partial charge in [0.15, 0.2) is 40.4 Å². The summed E-state index contributed by atoms with van der Waals surface area (Å²) in [6.07, 6.45) is 3.33. The molecule has 582 valence electrons. The quantitative estimate of drug-likeness (QED) is 0.0321. The van der Waals surface area contributed by atoms with Gasteiger partial charge in [0.25, 0.3) is 11.1 Å². The Balaban J connectivity index is 0.000000191. The molecule has 0 aliphatic heterocycles. The number of nitrogens with zero attached hydrogens (tertiary/aromatic N) is 7. The van der Waals surface area contributed by atoms with E-state index >= 15 is 0 Å². The highest BCUT2D eigenvalue weighted by molar-refractivity contribution is 5.82. The Kier molecular flexibility index (Phi) is 30.5. The van der Waals surface area contributed by atoms with Gasteiger partial charge in [-0.05, 0) is 134 Å². The van der Waals surface area contributed by atoms with Gasteiger partial charge in [-0.1, -0.05) is 84.9 Å². The second kappa shape index (κ2) is 40.6. The van der Waals surface area contributed by atoms with Gasteiger partial charge in [-0.3, -0.25) is 39.0 Å². The normalized spacial score (nSPS) is 10.2. The third-order valence-corrected chi connectivity index (χ3v) is 15.9. The fraction of sp³-hybridized carbons (Fsp3) is 0.160. The molecule has 31 heteroatoms. The molecule has 0 aliphatic carbocycles. The number of phenols is 4. The molecular formula is C81H80N8O23. The van der Waals surface area contributed by atoms with Gasteiger partial charge in [-0.25, -0.2) is 19.7 Å². The summed E-state index contributed by atoms with van der Waals surface area (Å²) in [5, 5.41) is 59.8. The van der Waals surface area contributed by atoms with Crippen molar-refractivity contribution >= 4 is 61.9 Å². The van der Waals surface area contributed by atoms with Crippen LogP contribution in [0.15, 0.2) is 219 Å². The summed E-state index contributed by atoms with van der Waals surface area (Å²) in [4.78, 5) is 70.3. The van der Waals surface area contributed by atoms with Crippen LogP contribution in [0.4, 0.5) is 17.1 Å². The molecule has 0 saturated carbocycles. The number of rotatable bonds is 17. The number of aromatic hydroxyl groups is 4. The summed E-state index contributed by atoms with van der Waals surface area (Å²) in [5.41, 5.74) is 8.09. The SMILES string of the molecule is COc1cccc(/C=C/c2nc3ccccc3c(=O)n2-c2c(OC)cccc2OC)c1O.COc1cccc(OC)c1-n1c(C)nc2ccccc2c1=O.COc1cccc(OC)c1N.COc1cccc(OC)c1O.COc1cccc(OC)c1[N+](=O)[O-].Cc1nc2ccccc2c(=O)o1.O=[N+]([O-])c1c(O)cccc1O. The topological polar surface area (TPSA) is 408 Å². The van der Waals surface area contributed by atoms with Gasteiger partial charge in [-0.15, -0.1) is 0 Å². The molecule has 13 rings (SSSR count). The minimum Gasteiger partial charge on any atom is -0.504 e. The summed E-state index contributed by atoms with van der Waals surface area (Å²) in [6.45, 7) is 3.45. The summed E-state index contributed by atoms with van der Waals surface area (Å²) in [7, 11) is 16.6. The van der Waals surface area contributed by atoms with E-state index in [0.717, 1.165) is 12.1 Å². The number of fused-ring (bicyclic) bond motifs is 3. The first-order valence-corrected chi connectivity index (χ1v) is 33.2. The summed E-state index contributed by atoms with van der Waals surface area (Å²) in [5.74, 6) is 5.20. The second-order valence-corrected chi connectivity index (χ2v) is 22.5. The van der Waals surface area contributed by atoms with Crippen molar-refractivity contribution in [2.45, 2.75) is 13.8 Å². The van der Waals surface area contributed by atoms with Gasteiger partial charge < -0.3 is 82.7 Å². The van der Waals surface area contributed by atoms with Crippen molar-refractivity contribution in [1.29, 1.82) is 0 Å². The van der Waals surface area contributed by atoms with E-state index in [-0.39, 0.29) is 45.4 Å². The Morgan fingerprint density at radius 2 is 0.705 bits per heavy atom. The lowest BCUT2D eigenvalue weighted by atomic mass is 10.1. The van der Waals surface area contributed by atoms with Gasteiger partial charge in [0.2, 0.25) is 17.2 Å². The van der Waals surface area contributed by atoms with Crippen LogP contribution in [0.25, 0.3) is 56.2 Å². The number of aryl methyl sites for hydroxylation is 2. The first-order chi connectivity index (χ1) is 53.9. The number of methoxy groups -OCH3 is 11. The zero-order valence-electron chi connectivity index (χ0n) is 63.0. The molecule has 13 aromatic rings. The molecule has 0 radical (unpaired) electrons. The molecule has 0 saturated heterocycles. The predicted octanol–water partition coefficient (Wildman–Crippen LogP) is 13.8. The Hall–Kier alpha value is -15.0. The highest BCUT2D eigenvalue weighted by Gasteiger charge is 2.23. The fourth-order valence-electron chi connectivity index (χ4n) is 10.6. The van der Waals surface area contributed by atoms with E-state index in [2.05, 4.69) is 9.97 Å². The Bertz CT molecular complexity index is 5470. The number of phenolic OH excluding ortho intramolecular Hbond substituents is 4. The Morgan fingerprint density at radius 1 is 0.375 bits per heavy atom. The standard InChI is InChI=1S/C25H22N2O5.C17H16N2O3.C9H7NO2.C8H9NO4.C8H11NO2.C8H10O3.C6H5NO4/c1-30-19-11-7-12-20(31-2)23(19)27-22(26-18-10-5-4-9-17(18)25(27)29)15-14-16-8-6-13-21(32-3)24(16)28;1-11-18-13-8-5-4-7-12(13)17(20)19(11)16-14(21-2)9-6-10-15(16)22-3;1-6-10-8-5-3-2-4-7(8)9(11)12-6;1-12-6-4-3-5-7(13-2)8(6)9(10)11;2*1-10-6-4-3-5-7(11-2)8(6)9;8-4-2-1-3-5(9)6(4)7(10)11/h4-15,28H,1-3H3;4-10H,1-3H3;2-5H,1H3;3-5H,1-2H3;3-5H,9H2,1-2H3;3-5,9H,1-2H3;1-3,8-9H/b15-14+;;;;;;. The molecular weight excluding hydrogens is 1450 g/mol. The molecule has 6 N–H and O–H groups in total. The van der Waals surface area contributed by atoms with Gasteiger partial charge in [0, 0.05) is 12.5 Å². The summed E-state index contributed by atoms with van der Waals surface area (Å²) in [6, 6.07) is 56.1. The average molecular weight is 1530 g/mol. The van der Waals surface area contributed by atoms with Crippen LogP contribution in [-0.4, -0.2) is 133 Å². The minimum absolute atomic E-state index is 0.00388. The molecule has 112 heavy (non-hydrogen) atoms. The van der Waals surface area contributed by atoms with Crippen molar-refractivity contribution in [3.05, 3.63) is 275 Å². The van der Waals surface area contributed by atoms with Crippen molar-refractivity contribution in [2.24, 2.45) is 0 Å². The largest absolute Gasteiger partial charge is 0.504 e. The van der Waals surface area contributed by atoms with Crippen molar-refractivity contribution < 1.29 is 86.8 Å². The number of nitrogen functional groups attached to an aromatic ring is 1. The van der Waals surface area contributed by atoms with Crippen molar-refractivity contribution in [3.8, 4) is 97.6 Å². The Labute approximate surface area is 640 Å². The number of benzene rings is 10. The molecule has 0 fully saturated rings. The molecule has 3 heterocycles. The number of nitrogens with two attached hydrogens (primary N) is 1. The van der Waals surface area contributed by atoms with Crippen LogP contribution < -0.4 is 74.6 Å². The lowest BCUT2D eigenvalue weighted by Gasteiger charge is -2.17. The number of hydrogen-bond donors (Lipinski definition) is 5. The maximum absolute atomic E-state index is 13.6. The van der Waals surface area contributed by atoms with E-state index in [0.29, 0.717) is 125 Å². The zero-order chi connectivity index (χ0) is 81.7. The van der Waals surface area contributed by atoms with Gasteiger partial charge in [-0.2, -0.15) is 0 Å². The highest BCUT2D eigenvalue weighted by Crippen LogP contribution is 2.39. The van der Waals surface area contributed by atoms with Crippen molar-refractivity contribution in [2.75, 3.05) is 83.9 Å². The first-order valence-electron chi connectivity index (χ1n) is 33.2. The zero-order valence-corrected chi connectivity index (χ0v) is 63.0. The molecule has 0 aliphatic rings. The van der Waals surface area contributed by atoms with Gasteiger partial charge in [0.05, 0.1) is 121 Å². The molecule has 0 spiro atoms. The van der Waals surface area contributed by atoms with E-state index in [1.807, 2.05) is 42.5 Å². The van der Waals surface area contributed by atoms with Crippen molar-refractivity contribution in [1.82, 2.24) is 24.1 Å². The van der Waals surface area contributed by atoms with Gasteiger partial charge >= 0.3 is 17.0 Å². The molecule has 31 nitrogen and oxygen atoms in total. The molecule has 0 atom stereocenters. The lowest BCUT2D eigenvalue weighted by molar-refractivity contribution is -0.386. The number of nitro groups is 2. The number of anilines is 1. The monoisotopic (exact) mass is 1530 g/mol. The molecule has 0 amide bonds. The fourth-order valence-corrected chi connectivity index (χ4v) is 10.6. The van der Waals surface area contributed by atoms with E-state index in [9.17, 15) is 44.8 Å². The van der Waals surface area contributed by atoms with Crippen molar-refractivity contribution in [3.63, 3.8) is 0 Å². The highest BCUT2D eigenvalue weighted by atomic mass is 16.6. The molecule has 0 bridgehead atoms. The Morgan fingerprint density at radius 3 is 1.12 bits per heavy atom. The third-order valence-electron chi connectivity index (χ3n) is 15.9. The van der Waals surface area contributed by atoms with Crippen LogP contribution in [0.3, 0.4) is 0 Å². The number of ether oxygens (including phenoxy) is 11. The average Bonchev–Trinajstić information content (AvgIpc) is 0.761. The maximum Gasteiger partial charge on any atom is 0.352 e. The van der Waals surface area contributed by atoms with Crippen LogP contribution in [0.2, 0.25) is 0 Å². The first kappa shape index (κ1) is 84.2. The number of nitro benzene ring substituents is 2. The minimum atomic E-state index is -0.843. The summed E-state index contributed by atoms with van der Waals surface area (Å²) < 4.78 is 64.2. The van der Waals surface area contributed by atoms with Crippen LogP contribution in [0.1, 0.15) is 23.1 Å². The van der Waals surface area contributed by atoms with Crippen LogP contribution >= 0.6 is 0 Å². The number of aromatic nitrogens is 5. The van der Waals surface area contributed by atoms with Crippen LogP contribution in [0, 0.1) is 34.1 Å². The van der Waals surface area contributed by atoms with E-state index in [4.69, 9.17) is 77.5 Å². The number of para-hydroxylation sites is 10. The van der Waals surface area contributed by atoms with E-state index in [1.165, 1.54) is 77.1 Å². The third kappa shape index (κ3) is 20.4. The van der Waals surface area contributed by atoms with E-state index < -0.39 is 27.0 Å². The predicted molar refractivity (Wildman–Crippen MR) is 422 cm³/mol. The number of hydrogen-bond acceptors (Lipinski definition) is 27. The van der Waals surface area contributed by atoms with Crippen LogP contribution in [0.5, 0.6) is 86.2 Å². The lowest BCUT2D eigenvalue weighted by Crippen LogP contribution is -2.23. The van der Waals surface area contributed by atoms with Gasteiger partial charge in [0.1, 0.15) is 63.2 Å². The molecule has 10 aromatic carbocycles. The summed E-state index contributed by atoms with van der Waals surface area (Å²) >= 11 is 0. The van der Waals surface area contributed by atoms with E-state index in [1.54, 1.807) is 182 Å². The smallest absolute Gasteiger partial charge is 0.352 e. The second-order valence-electron chi connectivity index (χ2n) is 22.5.